The number of carbonyl (C=O) groups excluding carboxylic acids is 2. The van der Waals surface area contributed by atoms with Gasteiger partial charge < -0.3 is 20.3 Å². The van der Waals surface area contributed by atoms with Crippen LogP contribution in [0.2, 0.25) is 0 Å². The van der Waals surface area contributed by atoms with Crippen LogP contribution in [0.4, 0.5) is 0 Å². The highest BCUT2D eigenvalue weighted by molar-refractivity contribution is 5.76. The van der Waals surface area contributed by atoms with E-state index < -0.39 is 12.1 Å². The molecule has 496 valence electrons. The van der Waals surface area contributed by atoms with Crippen LogP contribution in [-0.4, -0.2) is 47.4 Å². The Bertz CT molecular complexity index is 1360. The lowest BCUT2D eigenvalue weighted by Gasteiger charge is -2.22. The molecule has 0 saturated heterocycles. The lowest BCUT2D eigenvalue weighted by atomic mass is 10.0. The quantitative estimate of drug-likeness (QED) is 0.0320. The summed E-state index contributed by atoms with van der Waals surface area (Å²) in [4.78, 5) is 24.6. The smallest absolute Gasteiger partial charge is 0.305 e. The SMILES string of the molecule is CCCCC/C=C\C/C=C\CCCCCCCCCCCC(=O)OCCCCCCCCCCCCCCCCCCCC/C=C\CCCCCCCCCCCCCCCCCCCC(=O)NC(CO)C(O)CCCCCCCCCCC. The van der Waals surface area contributed by atoms with Gasteiger partial charge in [0.2, 0.25) is 5.91 Å². The van der Waals surface area contributed by atoms with Gasteiger partial charge in [0.1, 0.15) is 0 Å². The third kappa shape index (κ3) is 69.2. The van der Waals surface area contributed by atoms with Gasteiger partial charge >= 0.3 is 5.97 Å². The third-order valence-electron chi connectivity index (χ3n) is 17.9. The molecule has 0 radical (unpaired) electrons. The summed E-state index contributed by atoms with van der Waals surface area (Å²) in [5.41, 5.74) is 0. The van der Waals surface area contributed by atoms with Crippen LogP contribution in [0.1, 0.15) is 425 Å². The number of ether oxygens (including phenoxy) is 1. The Balaban J connectivity index is 3.28. The van der Waals surface area contributed by atoms with Crippen molar-refractivity contribution in [2.75, 3.05) is 13.2 Å². The van der Waals surface area contributed by atoms with Crippen LogP contribution < -0.4 is 5.32 Å². The summed E-state index contributed by atoms with van der Waals surface area (Å²) in [6.45, 7) is 4.94. The van der Waals surface area contributed by atoms with Crippen LogP contribution in [-0.2, 0) is 14.3 Å². The number of esters is 1. The second-order valence-electron chi connectivity index (χ2n) is 26.3. The fourth-order valence-electron chi connectivity index (χ4n) is 12.1. The zero-order valence-electron chi connectivity index (χ0n) is 56.9. The minimum atomic E-state index is -0.659. The molecule has 6 nitrogen and oxygen atoms in total. The summed E-state index contributed by atoms with van der Waals surface area (Å²) in [5, 5.41) is 23.2. The van der Waals surface area contributed by atoms with Crippen LogP contribution in [0.3, 0.4) is 0 Å². The number of aliphatic hydroxyl groups excluding tert-OH is 2. The Morgan fingerprint density at radius 1 is 0.333 bits per heavy atom. The zero-order valence-corrected chi connectivity index (χ0v) is 56.9. The highest BCUT2D eigenvalue weighted by Crippen LogP contribution is 2.19. The molecule has 0 aromatic rings. The Labute approximate surface area is 525 Å². The van der Waals surface area contributed by atoms with Gasteiger partial charge in [-0.05, 0) is 83.5 Å². The Morgan fingerprint density at radius 2 is 0.595 bits per heavy atom. The number of allylic oxidation sites excluding steroid dienone is 6. The first-order valence-corrected chi connectivity index (χ1v) is 38.2. The fraction of sp³-hybridized carbons (Fsp3) is 0.897. The van der Waals surface area contributed by atoms with Gasteiger partial charge in [0, 0.05) is 12.8 Å². The van der Waals surface area contributed by atoms with Crippen LogP contribution in [0.25, 0.3) is 0 Å². The maximum absolute atomic E-state index is 12.4. The Kier molecular flexibility index (Phi) is 71.9. The number of hydrogen-bond acceptors (Lipinski definition) is 5. The molecule has 0 aromatic heterocycles. The molecule has 2 unspecified atom stereocenters. The highest BCUT2D eigenvalue weighted by Gasteiger charge is 2.20. The van der Waals surface area contributed by atoms with Gasteiger partial charge in [0.25, 0.3) is 0 Å². The number of unbranched alkanes of at least 4 members (excludes halogenated alkanes) is 55. The van der Waals surface area contributed by atoms with Crippen LogP contribution in [0, 0.1) is 0 Å². The van der Waals surface area contributed by atoms with Gasteiger partial charge in [0.05, 0.1) is 25.4 Å². The van der Waals surface area contributed by atoms with E-state index >= 15 is 0 Å². The van der Waals surface area contributed by atoms with Crippen LogP contribution >= 0.6 is 0 Å². The molecule has 2 atom stereocenters. The largest absolute Gasteiger partial charge is 0.466 e. The molecule has 0 fully saturated rings. The van der Waals surface area contributed by atoms with E-state index in [4.69, 9.17) is 4.74 Å². The van der Waals surface area contributed by atoms with E-state index in [9.17, 15) is 19.8 Å². The van der Waals surface area contributed by atoms with Crippen molar-refractivity contribution in [1.29, 1.82) is 0 Å². The molecular formula is C78H149NO5. The zero-order chi connectivity index (χ0) is 60.6. The first-order valence-electron chi connectivity index (χ1n) is 38.2. The second kappa shape index (κ2) is 73.5. The van der Waals surface area contributed by atoms with Gasteiger partial charge in [-0.3, -0.25) is 9.59 Å². The summed E-state index contributed by atoms with van der Waals surface area (Å²) in [5.74, 6) is -0.0121. The van der Waals surface area contributed by atoms with Crippen molar-refractivity contribution < 1.29 is 24.5 Å². The minimum absolute atomic E-state index is 0.0191. The second-order valence-corrected chi connectivity index (χ2v) is 26.3. The molecular weight excluding hydrogens is 1030 g/mol. The summed E-state index contributed by atoms with van der Waals surface area (Å²) in [6, 6.07) is -0.536. The lowest BCUT2D eigenvalue weighted by molar-refractivity contribution is -0.143. The number of nitrogens with one attached hydrogen (secondary N) is 1. The summed E-state index contributed by atoms with van der Waals surface area (Å²) >= 11 is 0. The van der Waals surface area contributed by atoms with Gasteiger partial charge in [-0.25, -0.2) is 0 Å². The summed E-state index contributed by atoms with van der Waals surface area (Å²) in [7, 11) is 0. The molecule has 0 bridgehead atoms. The highest BCUT2D eigenvalue weighted by atomic mass is 16.5. The van der Waals surface area contributed by atoms with Gasteiger partial charge in [-0.15, -0.1) is 0 Å². The Morgan fingerprint density at radius 3 is 0.940 bits per heavy atom. The average Bonchev–Trinajstić information content (AvgIpc) is 3.51. The van der Waals surface area contributed by atoms with Crippen molar-refractivity contribution >= 4 is 11.9 Å². The monoisotopic (exact) mass is 1180 g/mol. The van der Waals surface area contributed by atoms with Crippen LogP contribution in [0.5, 0.6) is 0 Å². The molecule has 0 aliphatic rings. The fourth-order valence-corrected chi connectivity index (χ4v) is 12.1. The minimum Gasteiger partial charge on any atom is -0.466 e. The molecule has 1 amide bonds. The predicted molar refractivity (Wildman–Crippen MR) is 370 cm³/mol. The van der Waals surface area contributed by atoms with E-state index in [2.05, 4.69) is 55.6 Å². The number of aliphatic hydroxyl groups is 2. The lowest BCUT2D eigenvalue weighted by Crippen LogP contribution is -2.45. The average molecular weight is 1180 g/mol. The molecule has 0 rings (SSSR count). The molecule has 0 spiro atoms. The third-order valence-corrected chi connectivity index (χ3v) is 17.9. The van der Waals surface area contributed by atoms with Gasteiger partial charge in [0.15, 0.2) is 0 Å². The normalized spacial score (nSPS) is 12.7. The van der Waals surface area contributed by atoms with Crippen molar-refractivity contribution in [2.24, 2.45) is 0 Å². The van der Waals surface area contributed by atoms with Crippen molar-refractivity contribution in [2.45, 2.75) is 437 Å². The molecule has 0 heterocycles. The van der Waals surface area contributed by atoms with Crippen molar-refractivity contribution in [1.82, 2.24) is 5.32 Å². The first kappa shape index (κ1) is 82.1. The Hall–Kier alpha value is -1.92. The van der Waals surface area contributed by atoms with E-state index in [0.29, 0.717) is 25.9 Å². The molecule has 3 N–H and O–H groups in total. The van der Waals surface area contributed by atoms with Crippen molar-refractivity contribution in [3.05, 3.63) is 36.5 Å². The van der Waals surface area contributed by atoms with Gasteiger partial charge in [-0.2, -0.15) is 0 Å². The van der Waals surface area contributed by atoms with E-state index in [1.165, 1.54) is 347 Å². The van der Waals surface area contributed by atoms with Crippen molar-refractivity contribution in [3.8, 4) is 0 Å². The van der Waals surface area contributed by atoms with E-state index in [-0.39, 0.29) is 18.5 Å². The molecule has 0 aliphatic heterocycles. The maximum atomic E-state index is 12.4. The molecule has 6 heteroatoms. The van der Waals surface area contributed by atoms with E-state index in [0.717, 1.165) is 44.9 Å². The number of hydrogen-bond donors (Lipinski definition) is 3. The molecule has 0 aliphatic carbocycles. The van der Waals surface area contributed by atoms with Crippen molar-refractivity contribution in [3.63, 3.8) is 0 Å². The first-order chi connectivity index (χ1) is 41.5. The molecule has 0 saturated carbocycles. The maximum Gasteiger partial charge on any atom is 0.305 e. The summed E-state index contributed by atoms with van der Waals surface area (Å²) in [6.07, 6.45) is 95.4. The summed E-state index contributed by atoms with van der Waals surface area (Å²) < 4.78 is 5.51. The molecule has 0 aromatic carbocycles. The topological polar surface area (TPSA) is 95.9 Å². The number of rotatable bonds is 72. The van der Waals surface area contributed by atoms with E-state index in [1.807, 2.05) is 0 Å². The van der Waals surface area contributed by atoms with Crippen LogP contribution in [0.15, 0.2) is 36.5 Å². The standard InChI is InChI=1S/C78H149NO5/c1-3-5-7-9-11-13-14-15-16-17-39-43-46-49-52-56-60-64-68-72-78(83)84-73-69-65-61-57-53-50-47-44-41-38-36-34-32-30-28-26-24-22-20-18-19-21-23-25-27-29-31-33-35-37-40-42-45-48-51-55-59-63-67-71-77(82)79-75(74-80)76(81)70-66-62-58-54-12-10-8-6-4-2/h11,13,15-16,18-19,75-76,80-81H,3-10,12,14,17,20-74H2,1-2H3,(H,79,82)/b13-11-,16-15-,19-18-. The number of carbonyl (C=O) groups is 2. The van der Waals surface area contributed by atoms with Gasteiger partial charge in [-0.1, -0.05) is 365 Å². The number of amides is 1. The predicted octanol–water partition coefficient (Wildman–Crippen LogP) is 25.0. The molecule has 84 heavy (non-hydrogen) atoms. The van der Waals surface area contributed by atoms with E-state index in [1.54, 1.807) is 0 Å².